The van der Waals surface area contributed by atoms with Crippen LogP contribution < -0.4 is 11.2 Å². The van der Waals surface area contributed by atoms with Crippen molar-refractivity contribution in [2.24, 2.45) is 5.73 Å². The Labute approximate surface area is 139 Å². The summed E-state index contributed by atoms with van der Waals surface area (Å²) in [5, 5.41) is 7.42. The third-order valence-electron chi connectivity index (χ3n) is 3.14. The Morgan fingerprint density at radius 2 is 1.83 bits per heavy atom. The van der Waals surface area contributed by atoms with E-state index in [1.165, 1.54) is 24.7 Å². The van der Waals surface area contributed by atoms with E-state index in [0.29, 0.717) is 5.57 Å². The highest BCUT2D eigenvalue weighted by molar-refractivity contribution is 6.19. The summed E-state index contributed by atoms with van der Waals surface area (Å²) in [5.41, 5.74) is 6.81. The van der Waals surface area contributed by atoms with Crippen molar-refractivity contribution in [3.8, 4) is 0 Å². The van der Waals surface area contributed by atoms with Gasteiger partial charge in [0, 0.05) is 17.6 Å². The molecule has 0 radical (unpaired) electrons. The first-order chi connectivity index (χ1) is 11.4. The molecular weight excluding hydrogens is 312 g/mol. The number of rotatable bonds is 4. The minimum Gasteiger partial charge on any atom is -0.493 e. The van der Waals surface area contributed by atoms with E-state index in [0.717, 1.165) is 5.56 Å². The second-order valence-electron chi connectivity index (χ2n) is 4.64. The van der Waals surface area contributed by atoms with Gasteiger partial charge in [0.2, 0.25) is 5.78 Å². The number of carbonyl (C=O) groups is 3. The molecule has 0 fully saturated rings. The summed E-state index contributed by atoms with van der Waals surface area (Å²) in [5.74, 6) is -0.720. The van der Waals surface area contributed by atoms with Crippen LogP contribution in [0.1, 0.15) is 11.5 Å². The van der Waals surface area contributed by atoms with E-state index in [9.17, 15) is 14.4 Å². The lowest BCUT2D eigenvalue weighted by molar-refractivity contribution is -0.117. The van der Waals surface area contributed by atoms with Crippen molar-refractivity contribution < 1.29 is 24.3 Å². The highest BCUT2D eigenvalue weighted by Gasteiger charge is 2.26. The Kier molecular flexibility index (Phi) is 7.12. The lowest BCUT2D eigenvalue weighted by Crippen LogP contribution is -2.25. The number of primary amides is 1. The average molecular weight is 330 g/mol. The number of amides is 2. The molecule has 0 saturated heterocycles. The molecule has 1 aliphatic carbocycles. The maximum Gasteiger partial charge on any atom is 0.335 e. The quantitative estimate of drug-likeness (QED) is 0.335. The lowest BCUT2D eigenvalue weighted by atomic mass is 9.85. The number of nitrogens with two attached hydrogens (primary N) is 1. The minimum absolute atomic E-state index is 0.0737. The Morgan fingerprint density at radius 1 is 1.25 bits per heavy atom. The molecule has 0 aromatic heterocycles. The molecule has 1 aromatic carbocycles. The summed E-state index contributed by atoms with van der Waals surface area (Å²) in [7, 11) is 1.37. The van der Waals surface area contributed by atoms with E-state index in [1.807, 2.05) is 30.3 Å². The number of ether oxygens (including phenoxy) is 1. The fourth-order valence-corrected chi connectivity index (χ4v) is 2.06. The molecule has 7 heteroatoms. The van der Waals surface area contributed by atoms with Crippen molar-refractivity contribution in [2.75, 3.05) is 7.11 Å². The van der Waals surface area contributed by atoms with Crippen LogP contribution in [0.3, 0.4) is 0 Å². The molecule has 1 unspecified atom stereocenters. The second kappa shape index (κ2) is 9.06. The average Bonchev–Trinajstić information content (AvgIpc) is 2.59. The first kappa shape index (κ1) is 18.9. The predicted molar refractivity (Wildman–Crippen MR) is 87.1 cm³/mol. The van der Waals surface area contributed by atoms with E-state index >= 15 is 0 Å². The number of nitrogens with one attached hydrogen (secondary N) is 1. The number of hydroxylamine groups is 1. The molecule has 1 aromatic rings. The molecule has 0 aliphatic heterocycles. The SMILES string of the molecule is C=CC(C1=CC(=O)C(OC)=CC1=O)c1ccccc1.NC(=O)NO. The van der Waals surface area contributed by atoms with E-state index in [-0.39, 0.29) is 23.2 Å². The number of methoxy groups -OCH3 is 1. The molecule has 7 nitrogen and oxygen atoms in total. The van der Waals surface area contributed by atoms with E-state index in [1.54, 1.807) is 6.08 Å². The third kappa shape index (κ3) is 4.92. The van der Waals surface area contributed by atoms with Crippen molar-refractivity contribution in [2.45, 2.75) is 5.92 Å². The standard InChI is InChI=1S/C16H14O3.CH4N2O2/c1-3-12(11-7-5-4-6-8-11)13-9-15(18)16(19-2)10-14(13)17;2-1(4)3-5/h3-10,12H,1H2,2H3;5H,(H3,2,3,4). The number of allylic oxidation sites excluding steroid dienone is 4. The van der Waals surface area contributed by atoms with E-state index in [4.69, 9.17) is 9.94 Å². The monoisotopic (exact) mass is 330 g/mol. The molecular formula is C17H18N2O5. The molecule has 2 rings (SSSR count). The fourth-order valence-electron chi connectivity index (χ4n) is 2.06. The summed E-state index contributed by atoms with van der Waals surface area (Å²) < 4.78 is 4.86. The van der Waals surface area contributed by atoms with Crippen LogP contribution in [-0.4, -0.2) is 29.9 Å². The highest BCUT2D eigenvalue weighted by Crippen LogP contribution is 2.29. The minimum atomic E-state index is -0.940. The number of hydrogen-bond acceptors (Lipinski definition) is 5. The van der Waals surface area contributed by atoms with Crippen molar-refractivity contribution >= 4 is 17.6 Å². The highest BCUT2D eigenvalue weighted by atomic mass is 16.5. The van der Waals surface area contributed by atoms with Crippen molar-refractivity contribution in [1.82, 2.24) is 5.48 Å². The number of hydrogen-bond donors (Lipinski definition) is 3. The van der Waals surface area contributed by atoms with Crippen LogP contribution in [0.2, 0.25) is 0 Å². The van der Waals surface area contributed by atoms with E-state index < -0.39 is 6.03 Å². The van der Waals surface area contributed by atoms with Crippen LogP contribution >= 0.6 is 0 Å². The summed E-state index contributed by atoms with van der Waals surface area (Å²) >= 11 is 0. The summed E-state index contributed by atoms with van der Waals surface area (Å²) in [6, 6.07) is 8.54. The number of urea groups is 1. The Hall–Kier alpha value is -3.19. The lowest BCUT2D eigenvalue weighted by Gasteiger charge is -2.18. The van der Waals surface area contributed by atoms with Crippen molar-refractivity contribution in [3.63, 3.8) is 0 Å². The maximum absolute atomic E-state index is 12.1. The molecule has 0 heterocycles. The smallest absolute Gasteiger partial charge is 0.335 e. The van der Waals surface area contributed by atoms with Gasteiger partial charge in [-0.15, -0.1) is 6.58 Å². The number of carbonyl (C=O) groups excluding carboxylic acids is 3. The molecule has 126 valence electrons. The molecule has 1 atom stereocenters. The normalized spacial score (nSPS) is 14.4. The van der Waals surface area contributed by atoms with Gasteiger partial charge in [-0.25, -0.2) is 10.3 Å². The van der Waals surface area contributed by atoms with Crippen molar-refractivity contribution in [3.05, 3.63) is 72.0 Å². The third-order valence-corrected chi connectivity index (χ3v) is 3.14. The Morgan fingerprint density at radius 3 is 2.29 bits per heavy atom. The van der Waals surface area contributed by atoms with Gasteiger partial charge in [0.1, 0.15) is 0 Å². The zero-order valence-corrected chi connectivity index (χ0v) is 13.1. The summed E-state index contributed by atoms with van der Waals surface area (Å²) in [6.45, 7) is 3.75. The van der Waals surface area contributed by atoms with Crippen LogP contribution in [0.5, 0.6) is 0 Å². The largest absolute Gasteiger partial charge is 0.493 e. The molecule has 4 N–H and O–H groups in total. The summed E-state index contributed by atoms with van der Waals surface area (Å²) in [6.07, 6.45) is 4.23. The van der Waals surface area contributed by atoms with E-state index in [2.05, 4.69) is 12.3 Å². The number of ketones is 2. The molecule has 1 aliphatic rings. The molecule has 24 heavy (non-hydrogen) atoms. The van der Waals surface area contributed by atoms with Crippen LogP contribution in [0.4, 0.5) is 4.79 Å². The van der Waals surface area contributed by atoms with Crippen LogP contribution in [0.15, 0.2) is 66.5 Å². The van der Waals surface area contributed by atoms with Gasteiger partial charge in [0.25, 0.3) is 0 Å². The van der Waals surface area contributed by atoms with Crippen LogP contribution in [0, 0.1) is 0 Å². The Bertz CT molecular complexity index is 692. The fraction of sp³-hybridized carbons (Fsp3) is 0.118. The molecule has 0 spiro atoms. The van der Waals surface area contributed by atoms with Gasteiger partial charge in [-0.3, -0.25) is 14.8 Å². The molecule has 2 amide bonds. The predicted octanol–water partition coefficient (Wildman–Crippen LogP) is 1.61. The van der Waals surface area contributed by atoms with Crippen LogP contribution in [-0.2, 0) is 14.3 Å². The van der Waals surface area contributed by atoms with Gasteiger partial charge in [-0.05, 0) is 11.6 Å². The summed E-state index contributed by atoms with van der Waals surface area (Å²) in [4.78, 5) is 33.1. The Balaban J connectivity index is 0.000000505. The van der Waals surface area contributed by atoms with Crippen LogP contribution in [0.25, 0.3) is 0 Å². The van der Waals surface area contributed by atoms with Gasteiger partial charge in [0.05, 0.1) is 7.11 Å². The maximum atomic E-state index is 12.1. The van der Waals surface area contributed by atoms with Crippen molar-refractivity contribution in [1.29, 1.82) is 0 Å². The zero-order chi connectivity index (χ0) is 18.1. The molecule has 0 bridgehead atoms. The first-order valence-corrected chi connectivity index (χ1v) is 6.87. The van der Waals surface area contributed by atoms with Gasteiger partial charge in [-0.2, -0.15) is 0 Å². The number of benzene rings is 1. The first-order valence-electron chi connectivity index (χ1n) is 6.87. The van der Waals surface area contributed by atoms with Gasteiger partial charge in [-0.1, -0.05) is 36.4 Å². The van der Waals surface area contributed by atoms with Gasteiger partial charge in [0.15, 0.2) is 11.5 Å². The zero-order valence-electron chi connectivity index (χ0n) is 13.1. The van der Waals surface area contributed by atoms with Gasteiger partial charge < -0.3 is 10.5 Å². The topological polar surface area (TPSA) is 119 Å². The van der Waals surface area contributed by atoms with Gasteiger partial charge >= 0.3 is 6.03 Å². The second-order valence-corrected chi connectivity index (χ2v) is 4.64. The molecule has 0 saturated carbocycles.